The van der Waals surface area contributed by atoms with Crippen molar-refractivity contribution in [2.24, 2.45) is 0 Å². The number of carbonyl (C=O) groups is 1. The van der Waals surface area contributed by atoms with Gasteiger partial charge in [-0.25, -0.2) is 15.0 Å². The smallest absolute Gasteiger partial charge is 0.274 e. The third kappa shape index (κ3) is 3.64. The molecule has 0 aliphatic carbocycles. The Hall–Kier alpha value is -3.29. The van der Waals surface area contributed by atoms with Crippen LogP contribution in [0, 0.1) is 13.8 Å². The molecule has 4 rings (SSSR count). The highest BCUT2D eigenvalue weighted by Crippen LogP contribution is 2.18. The van der Waals surface area contributed by atoms with Gasteiger partial charge in [0.05, 0.1) is 11.9 Å². The Morgan fingerprint density at radius 1 is 0.926 bits per heavy atom. The van der Waals surface area contributed by atoms with Gasteiger partial charge in [0, 0.05) is 50.8 Å². The molecule has 8 heteroatoms. The van der Waals surface area contributed by atoms with Crippen molar-refractivity contribution in [1.82, 2.24) is 29.4 Å². The van der Waals surface area contributed by atoms with Gasteiger partial charge in [0.25, 0.3) is 5.91 Å². The molecule has 0 radical (unpaired) electrons. The Morgan fingerprint density at radius 2 is 1.63 bits per heavy atom. The predicted molar refractivity (Wildman–Crippen MR) is 101 cm³/mol. The van der Waals surface area contributed by atoms with E-state index in [0.717, 1.165) is 23.2 Å². The van der Waals surface area contributed by atoms with Gasteiger partial charge in [-0.2, -0.15) is 0 Å². The largest absolute Gasteiger partial charge is 0.353 e. The third-order valence-electron chi connectivity index (χ3n) is 4.57. The van der Waals surface area contributed by atoms with Gasteiger partial charge in [-0.3, -0.25) is 9.78 Å². The molecule has 1 amide bonds. The van der Waals surface area contributed by atoms with E-state index < -0.39 is 0 Å². The summed E-state index contributed by atoms with van der Waals surface area (Å²) in [5.41, 5.74) is 1.19. The number of nitrogens with zero attached hydrogens (tertiary/aromatic N) is 7. The van der Waals surface area contributed by atoms with Gasteiger partial charge in [0.1, 0.15) is 23.2 Å². The molecule has 1 aliphatic rings. The molecule has 0 atom stereocenters. The Balaban J connectivity index is 1.46. The van der Waals surface area contributed by atoms with Gasteiger partial charge in [-0.05, 0) is 26.0 Å². The minimum absolute atomic E-state index is 0.0750. The highest BCUT2D eigenvalue weighted by atomic mass is 16.2. The molecule has 1 saturated heterocycles. The molecule has 0 saturated carbocycles. The number of hydrogen-bond acceptors (Lipinski definition) is 6. The van der Waals surface area contributed by atoms with E-state index in [-0.39, 0.29) is 5.91 Å². The van der Waals surface area contributed by atoms with Crippen LogP contribution in [0.3, 0.4) is 0 Å². The summed E-state index contributed by atoms with van der Waals surface area (Å²) in [6.45, 7) is 6.42. The van der Waals surface area contributed by atoms with E-state index >= 15 is 0 Å². The van der Waals surface area contributed by atoms with Crippen molar-refractivity contribution < 1.29 is 4.79 Å². The molecule has 3 aromatic rings. The maximum absolute atomic E-state index is 12.6. The number of rotatable bonds is 3. The molecular weight excluding hydrogens is 342 g/mol. The lowest BCUT2D eigenvalue weighted by Crippen LogP contribution is -2.49. The molecule has 0 N–H and O–H groups in total. The van der Waals surface area contributed by atoms with E-state index in [1.165, 1.54) is 0 Å². The normalized spacial score (nSPS) is 14.4. The maximum atomic E-state index is 12.6. The standard InChI is InChI=1S/C19H21N7O/c1-14-12-21-16(13-20-14)19(27)26-9-7-25(8-10-26)18-11-17(22-15(2)23-18)24-5-3-4-6-24/h3-6,11-13H,7-10H2,1-2H3. The number of aromatic nitrogens is 5. The average Bonchev–Trinajstić information content (AvgIpc) is 3.23. The summed E-state index contributed by atoms with van der Waals surface area (Å²) < 4.78 is 1.97. The van der Waals surface area contributed by atoms with Crippen LogP contribution < -0.4 is 4.90 Å². The van der Waals surface area contributed by atoms with Crippen molar-refractivity contribution in [3.05, 3.63) is 60.2 Å². The number of piperazine rings is 1. The summed E-state index contributed by atoms with van der Waals surface area (Å²) >= 11 is 0. The van der Waals surface area contributed by atoms with Crippen molar-refractivity contribution in [1.29, 1.82) is 0 Å². The molecule has 0 bridgehead atoms. The second-order valence-corrected chi connectivity index (χ2v) is 6.54. The highest BCUT2D eigenvalue weighted by Gasteiger charge is 2.24. The van der Waals surface area contributed by atoms with Gasteiger partial charge in [0.2, 0.25) is 0 Å². The SMILES string of the molecule is Cc1cnc(C(=O)N2CCN(c3cc(-n4cccc4)nc(C)n3)CC2)cn1. The first-order valence-corrected chi connectivity index (χ1v) is 8.92. The second-order valence-electron chi connectivity index (χ2n) is 6.54. The lowest BCUT2D eigenvalue weighted by molar-refractivity contribution is 0.0740. The number of carbonyl (C=O) groups excluding carboxylic acids is 1. The lowest BCUT2D eigenvalue weighted by atomic mass is 10.2. The van der Waals surface area contributed by atoms with Crippen LogP contribution in [-0.2, 0) is 0 Å². The van der Waals surface area contributed by atoms with E-state index in [0.29, 0.717) is 31.9 Å². The first-order valence-electron chi connectivity index (χ1n) is 8.92. The Bertz CT molecular complexity index is 929. The van der Waals surface area contributed by atoms with E-state index in [1.807, 2.05) is 53.9 Å². The summed E-state index contributed by atoms with van der Waals surface area (Å²) in [5, 5.41) is 0. The van der Waals surface area contributed by atoms with Crippen LogP contribution in [0.15, 0.2) is 43.0 Å². The Morgan fingerprint density at radius 3 is 2.30 bits per heavy atom. The Kier molecular flexibility index (Phi) is 4.53. The van der Waals surface area contributed by atoms with Crippen molar-refractivity contribution >= 4 is 11.7 Å². The van der Waals surface area contributed by atoms with Crippen LogP contribution in [0.1, 0.15) is 22.0 Å². The number of anilines is 1. The van der Waals surface area contributed by atoms with Crippen LogP contribution in [0.5, 0.6) is 0 Å². The minimum atomic E-state index is -0.0750. The zero-order valence-electron chi connectivity index (χ0n) is 15.4. The third-order valence-corrected chi connectivity index (χ3v) is 4.57. The number of hydrogen-bond donors (Lipinski definition) is 0. The zero-order chi connectivity index (χ0) is 18.8. The second kappa shape index (κ2) is 7.14. The molecule has 138 valence electrons. The minimum Gasteiger partial charge on any atom is -0.353 e. The number of amides is 1. The van der Waals surface area contributed by atoms with Gasteiger partial charge in [-0.15, -0.1) is 0 Å². The van der Waals surface area contributed by atoms with E-state index in [1.54, 1.807) is 12.4 Å². The molecule has 27 heavy (non-hydrogen) atoms. The first kappa shape index (κ1) is 17.1. The summed E-state index contributed by atoms with van der Waals surface area (Å²) in [6, 6.07) is 5.92. The quantitative estimate of drug-likeness (QED) is 0.704. The monoisotopic (exact) mass is 363 g/mol. The first-order chi connectivity index (χ1) is 13.1. The van der Waals surface area contributed by atoms with Crippen molar-refractivity contribution in [3.8, 4) is 5.82 Å². The molecule has 0 aromatic carbocycles. The summed E-state index contributed by atoms with van der Waals surface area (Å²) in [4.78, 5) is 34.0. The maximum Gasteiger partial charge on any atom is 0.274 e. The lowest BCUT2D eigenvalue weighted by Gasteiger charge is -2.35. The van der Waals surface area contributed by atoms with Crippen LogP contribution in [0.4, 0.5) is 5.82 Å². The van der Waals surface area contributed by atoms with Gasteiger partial charge < -0.3 is 14.4 Å². The highest BCUT2D eigenvalue weighted by molar-refractivity contribution is 5.92. The fourth-order valence-corrected chi connectivity index (χ4v) is 3.12. The van der Waals surface area contributed by atoms with Crippen LogP contribution in [-0.4, -0.2) is 61.5 Å². The summed E-state index contributed by atoms with van der Waals surface area (Å²) in [6.07, 6.45) is 7.09. The van der Waals surface area contributed by atoms with Crippen LogP contribution >= 0.6 is 0 Å². The molecule has 4 heterocycles. The Labute approximate surface area is 157 Å². The van der Waals surface area contributed by atoms with Gasteiger partial charge in [0.15, 0.2) is 0 Å². The molecule has 8 nitrogen and oxygen atoms in total. The van der Waals surface area contributed by atoms with Crippen LogP contribution in [0.25, 0.3) is 5.82 Å². The molecule has 3 aromatic heterocycles. The van der Waals surface area contributed by atoms with E-state index in [9.17, 15) is 4.79 Å². The van der Waals surface area contributed by atoms with Gasteiger partial charge >= 0.3 is 0 Å². The van der Waals surface area contributed by atoms with Crippen molar-refractivity contribution in [2.75, 3.05) is 31.1 Å². The molecular formula is C19H21N7O. The van der Waals surface area contributed by atoms with E-state index in [2.05, 4.69) is 24.8 Å². The summed E-state index contributed by atoms with van der Waals surface area (Å²) in [7, 11) is 0. The van der Waals surface area contributed by atoms with Crippen LogP contribution in [0.2, 0.25) is 0 Å². The van der Waals surface area contributed by atoms with Crippen molar-refractivity contribution in [3.63, 3.8) is 0 Å². The number of aryl methyl sites for hydroxylation is 2. The zero-order valence-corrected chi connectivity index (χ0v) is 15.4. The summed E-state index contributed by atoms with van der Waals surface area (Å²) in [5.74, 6) is 2.38. The fourth-order valence-electron chi connectivity index (χ4n) is 3.12. The van der Waals surface area contributed by atoms with E-state index in [4.69, 9.17) is 0 Å². The predicted octanol–water partition coefficient (Wildman–Crippen LogP) is 1.64. The van der Waals surface area contributed by atoms with Gasteiger partial charge in [-0.1, -0.05) is 0 Å². The molecule has 0 spiro atoms. The average molecular weight is 363 g/mol. The topological polar surface area (TPSA) is 80.0 Å². The molecule has 1 fully saturated rings. The molecule has 0 unspecified atom stereocenters. The molecule has 1 aliphatic heterocycles. The van der Waals surface area contributed by atoms with Crippen molar-refractivity contribution in [2.45, 2.75) is 13.8 Å². The fraction of sp³-hybridized carbons (Fsp3) is 0.316.